The Balaban J connectivity index is 2.36. The van der Waals surface area contributed by atoms with Gasteiger partial charge in [0.25, 0.3) is 0 Å². The molecule has 68 valence electrons. The highest BCUT2D eigenvalue weighted by Gasteiger charge is 2.38. The van der Waals surface area contributed by atoms with Crippen LogP contribution in [0.25, 0.3) is 0 Å². The van der Waals surface area contributed by atoms with Crippen LogP contribution in [0.15, 0.2) is 5.10 Å². The Morgan fingerprint density at radius 1 is 1.50 bits per heavy atom. The van der Waals surface area contributed by atoms with E-state index in [0.717, 1.165) is 0 Å². The van der Waals surface area contributed by atoms with Gasteiger partial charge >= 0.3 is 12.1 Å². The molecular weight excluding hydrogens is 177 g/mol. The number of nitrogens with zero attached hydrogens (tertiary/aromatic N) is 1. The summed E-state index contributed by atoms with van der Waals surface area (Å²) in [4.78, 5) is 10.1. The number of hydrogen-bond acceptors (Lipinski definition) is 3. The zero-order chi connectivity index (χ0) is 9.19. The molecule has 0 saturated carbocycles. The fourth-order valence-corrected chi connectivity index (χ4v) is 0.451. The topological polar surface area (TPSA) is 50.7 Å². The van der Waals surface area contributed by atoms with Crippen molar-refractivity contribution in [1.29, 1.82) is 0 Å². The Bertz CT molecular complexity index is 217. The molecule has 0 aromatic heterocycles. The molecular formula is C5H5F3N2O2. The maximum Gasteiger partial charge on any atom is 0.473 e. The van der Waals surface area contributed by atoms with Gasteiger partial charge in [0, 0.05) is 0 Å². The summed E-state index contributed by atoms with van der Waals surface area (Å²) in [5.41, 5.74) is 1.76. The van der Waals surface area contributed by atoms with Crippen LogP contribution in [-0.4, -0.2) is 31.0 Å². The lowest BCUT2D eigenvalue weighted by Crippen LogP contribution is -2.37. The molecule has 0 aliphatic carbocycles. The number of halogens is 3. The summed E-state index contributed by atoms with van der Waals surface area (Å²) >= 11 is 0. The number of carbonyl (C=O) groups excluding carboxylic acids is 1. The minimum atomic E-state index is -4.88. The molecule has 0 bridgehead atoms. The fourth-order valence-electron chi connectivity index (χ4n) is 0.451. The van der Waals surface area contributed by atoms with Crippen LogP contribution in [0.2, 0.25) is 0 Å². The smallest absolute Gasteiger partial charge is 0.369 e. The molecule has 0 radical (unpaired) electrons. The first kappa shape index (κ1) is 8.98. The lowest BCUT2D eigenvalue weighted by atomic mass is 10.3. The zero-order valence-corrected chi connectivity index (χ0v) is 5.81. The molecule has 1 saturated heterocycles. The summed E-state index contributed by atoms with van der Waals surface area (Å²) < 4.78 is 39.1. The molecule has 12 heavy (non-hydrogen) atoms. The molecule has 0 aromatic rings. The van der Waals surface area contributed by atoms with Crippen molar-refractivity contribution >= 4 is 11.6 Å². The van der Waals surface area contributed by atoms with Gasteiger partial charge in [-0.1, -0.05) is 0 Å². The summed E-state index contributed by atoms with van der Waals surface area (Å²) in [5, 5.41) is 3.17. The van der Waals surface area contributed by atoms with E-state index in [4.69, 9.17) is 0 Å². The molecule has 1 aliphatic heterocycles. The maximum absolute atomic E-state index is 11.5. The van der Waals surface area contributed by atoms with E-state index < -0.39 is 12.1 Å². The minimum Gasteiger partial charge on any atom is -0.369 e. The van der Waals surface area contributed by atoms with E-state index in [1.165, 1.54) is 5.43 Å². The van der Waals surface area contributed by atoms with Gasteiger partial charge in [-0.25, -0.2) is 5.43 Å². The molecule has 1 heterocycles. The first-order valence-corrected chi connectivity index (χ1v) is 3.00. The molecule has 1 rings (SSSR count). The second kappa shape index (κ2) is 3.10. The minimum absolute atomic E-state index is 0.179. The van der Waals surface area contributed by atoms with Gasteiger partial charge < -0.3 is 4.74 Å². The molecule has 1 amide bonds. The average molecular weight is 182 g/mol. The van der Waals surface area contributed by atoms with Gasteiger partial charge in [0.15, 0.2) is 0 Å². The molecule has 1 fully saturated rings. The SMILES string of the molecule is O=C(NN=C1COC1)C(F)(F)F. The van der Waals surface area contributed by atoms with Crippen LogP contribution < -0.4 is 5.43 Å². The number of carbonyl (C=O) groups is 1. The Labute approximate surface area is 65.4 Å². The van der Waals surface area contributed by atoms with Gasteiger partial charge in [-0.2, -0.15) is 18.3 Å². The predicted molar refractivity (Wildman–Crippen MR) is 32.5 cm³/mol. The highest BCUT2D eigenvalue weighted by Crippen LogP contribution is 2.13. The average Bonchev–Trinajstić information content (AvgIpc) is 1.81. The third-order valence-electron chi connectivity index (χ3n) is 1.11. The highest BCUT2D eigenvalue weighted by molar-refractivity contribution is 5.92. The van der Waals surface area contributed by atoms with Crippen LogP contribution in [0, 0.1) is 0 Å². The van der Waals surface area contributed by atoms with Crippen LogP contribution in [0.1, 0.15) is 0 Å². The quantitative estimate of drug-likeness (QED) is 0.582. The Kier molecular flexibility index (Phi) is 2.32. The zero-order valence-electron chi connectivity index (χ0n) is 5.81. The van der Waals surface area contributed by atoms with Crippen LogP contribution >= 0.6 is 0 Å². The van der Waals surface area contributed by atoms with Crippen molar-refractivity contribution < 1.29 is 22.7 Å². The second-order valence-electron chi connectivity index (χ2n) is 2.11. The second-order valence-corrected chi connectivity index (χ2v) is 2.11. The van der Waals surface area contributed by atoms with Gasteiger partial charge in [0.05, 0.1) is 18.9 Å². The standard InChI is InChI=1S/C5H5F3N2O2/c6-5(7,8)4(11)10-9-3-1-12-2-3/h1-2H2,(H,10,11). The highest BCUT2D eigenvalue weighted by atomic mass is 19.4. The lowest BCUT2D eigenvalue weighted by molar-refractivity contribution is -0.173. The maximum atomic E-state index is 11.5. The molecule has 7 heteroatoms. The van der Waals surface area contributed by atoms with E-state index in [1.54, 1.807) is 0 Å². The third-order valence-corrected chi connectivity index (χ3v) is 1.11. The Hall–Kier alpha value is -1.11. The third kappa shape index (κ3) is 2.19. The van der Waals surface area contributed by atoms with Gasteiger partial charge in [0.2, 0.25) is 0 Å². The van der Waals surface area contributed by atoms with Gasteiger partial charge in [-0.05, 0) is 0 Å². The molecule has 0 atom stereocenters. The van der Waals surface area contributed by atoms with Crippen molar-refractivity contribution in [1.82, 2.24) is 5.43 Å². The van der Waals surface area contributed by atoms with E-state index in [0.29, 0.717) is 5.71 Å². The van der Waals surface area contributed by atoms with Crippen LogP contribution in [0.5, 0.6) is 0 Å². The summed E-state index contributed by atoms with van der Waals surface area (Å²) in [5.74, 6) is -2.07. The number of amides is 1. The van der Waals surface area contributed by atoms with Crippen LogP contribution in [0.4, 0.5) is 13.2 Å². The van der Waals surface area contributed by atoms with Crippen LogP contribution in [-0.2, 0) is 9.53 Å². The summed E-state index contributed by atoms with van der Waals surface area (Å²) in [6, 6.07) is 0. The monoisotopic (exact) mass is 182 g/mol. The fraction of sp³-hybridized carbons (Fsp3) is 0.600. The van der Waals surface area contributed by atoms with Gasteiger partial charge in [-0.15, -0.1) is 0 Å². The van der Waals surface area contributed by atoms with E-state index >= 15 is 0 Å². The number of nitrogens with one attached hydrogen (secondary N) is 1. The summed E-state index contributed by atoms with van der Waals surface area (Å²) in [6.07, 6.45) is -4.88. The Morgan fingerprint density at radius 2 is 2.08 bits per heavy atom. The van der Waals surface area contributed by atoms with E-state index in [1.807, 2.05) is 0 Å². The van der Waals surface area contributed by atoms with Crippen LogP contribution in [0.3, 0.4) is 0 Å². The lowest BCUT2D eigenvalue weighted by Gasteiger charge is -2.15. The van der Waals surface area contributed by atoms with Crippen molar-refractivity contribution in [3.63, 3.8) is 0 Å². The van der Waals surface area contributed by atoms with Crippen molar-refractivity contribution in [3.8, 4) is 0 Å². The van der Waals surface area contributed by atoms with E-state index in [9.17, 15) is 18.0 Å². The molecule has 1 aliphatic rings. The number of alkyl halides is 3. The molecule has 1 N–H and O–H groups in total. The number of rotatable bonds is 1. The van der Waals surface area contributed by atoms with Crippen molar-refractivity contribution in [2.24, 2.45) is 5.10 Å². The van der Waals surface area contributed by atoms with Crippen molar-refractivity contribution in [2.75, 3.05) is 13.2 Å². The summed E-state index contributed by atoms with van der Waals surface area (Å²) in [6.45, 7) is 0.357. The number of hydrazone groups is 1. The molecule has 4 nitrogen and oxygen atoms in total. The van der Waals surface area contributed by atoms with Gasteiger partial charge in [-0.3, -0.25) is 4.79 Å². The Morgan fingerprint density at radius 3 is 2.42 bits per heavy atom. The number of hydrogen-bond donors (Lipinski definition) is 1. The molecule has 0 unspecified atom stereocenters. The van der Waals surface area contributed by atoms with Crippen molar-refractivity contribution in [3.05, 3.63) is 0 Å². The predicted octanol–water partition coefficient (Wildman–Crippen LogP) is 0.0511. The first-order chi connectivity index (χ1) is 5.50. The van der Waals surface area contributed by atoms with Crippen molar-refractivity contribution in [2.45, 2.75) is 6.18 Å². The molecule has 0 spiro atoms. The normalized spacial score (nSPS) is 16.8. The first-order valence-electron chi connectivity index (χ1n) is 3.00. The largest absolute Gasteiger partial charge is 0.473 e. The molecule has 0 aromatic carbocycles. The van der Waals surface area contributed by atoms with E-state index in [-0.39, 0.29) is 13.2 Å². The summed E-state index contributed by atoms with van der Waals surface area (Å²) in [7, 11) is 0. The van der Waals surface area contributed by atoms with Gasteiger partial charge in [0.1, 0.15) is 0 Å². The van der Waals surface area contributed by atoms with E-state index in [2.05, 4.69) is 9.84 Å². The number of ether oxygens (including phenoxy) is 1.